The average molecular weight is 396 g/mol. The highest BCUT2D eigenvalue weighted by Gasteiger charge is 2.31. The molecule has 3 aromatic rings. The largest absolute Gasteiger partial charge is 0.397 e. The average Bonchev–Trinajstić information content (AvgIpc) is 3.30. The van der Waals surface area contributed by atoms with Crippen molar-refractivity contribution in [3.8, 4) is 0 Å². The van der Waals surface area contributed by atoms with Gasteiger partial charge < -0.3 is 16.0 Å². The number of pyridine rings is 1. The van der Waals surface area contributed by atoms with Gasteiger partial charge in [-0.15, -0.1) is 16.4 Å². The number of likely N-dealkylation sites (tertiary alicyclic amines) is 1. The minimum Gasteiger partial charge on any atom is -0.397 e. The van der Waals surface area contributed by atoms with Crippen LogP contribution < -0.4 is 11.1 Å². The van der Waals surface area contributed by atoms with Gasteiger partial charge in [0, 0.05) is 30.7 Å². The SMILES string of the molecule is Cc1nnc2sc(C(=O)N3CCC(NC(=O)c4ccccn4)C3)c(N)c2c1C. The Labute approximate surface area is 165 Å². The van der Waals surface area contributed by atoms with Crippen LogP contribution in [0.2, 0.25) is 0 Å². The van der Waals surface area contributed by atoms with Gasteiger partial charge in [0.25, 0.3) is 11.8 Å². The van der Waals surface area contributed by atoms with Gasteiger partial charge in [-0.25, -0.2) is 0 Å². The van der Waals surface area contributed by atoms with Gasteiger partial charge in [-0.1, -0.05) is 6.07 Å². The molecule has 144 valence electrons. The van der Waals surface area contributed by atoms with Crippen LogP contribution in [-0.2, 0) is 0 Å². The number of nitrogens with two attached hydrogens (primary N) is 1. The molecule has 8 nitrogen and oxygen atoms in total. The second-order valence-corrected chi connectivity index (χ2v) is 7.86. The van der Waals surface area contributed by atoms with Crippen molar-refractivity contribution in [2.45, 2.75) is 26.3 Å². The molecule has 0 aromatic carbocycles. The van der Waals surface area contributed by atoms with Crippen molar-refractivity contribution in [2.24, 2.45) is 0 Å². The molecule has 0 saturated carbocycles. The number of thiophene rings is 1. The third-order valence-electron chi connectivity index (χ3n) is 5.04. The van der Waals surface area contributed by atoms with E-state index >= 15 is 0 Å². The standard InChI is InChI=1S/C19H20N6O2S/c1-10-11(2)23-24-18-14(10)15(20)16(28-18)19(27)25-8-6-12(9-25)22-17(26)13-5-3-4-7-21-13/h3-5,7,12H,6,8-9,20H2,1-2H3,(H,22,26). The number of hydrogen-bond acceptors (Lipinski definition) is 7. The third kappa shape index (κ3) is 3.18. The molecule has 1 unspecified atom stereocenters. The summed E-state index contributed by atoms with van der Waals surface area (Å²) in [7, 11) is 0. The van der Waals surface area contributed by atoms with E-state index in [1.807, 2.05) is 13.8 Å². The maximum atomic E-state index is 13.0. The van der Waals surface area contributed by atoms with E-state index < -0.39 is 0 Å². The number of fused-ring (bicyclic) bond motifs is 1. The van der Waals surface area contributed by atoms with Gasteiger partial charge in [0.2, 0.25) is 0 Å². The number of aryl methyl sites for hydroxylation is 2. The fourth-order valence-corrected chi connectivity index (χ4v) is 4.43. The van der Waals surface area contributed by atoms with E-state index in [0.29, 0.717) is 40.6 Å². The molecule has 9 heteroatoms. The van der Waals surface area contributed by atoms with E-state index in [0.717, 1.165) is 16.6 Å². The highest BCUT2D eigenvalue weighted by molar-refractivity contribution is 7.21. The number of carbonyl (C=O) groups excluding carboxylic acids is 2. The van der Waals surface area contributed by atoms with Crippen LogP contribution in [0.15, 0.2) is 24.4 Å². The number of aromatic nitrogens is 3. The molecule has 0 spiro atoms. The van der Waals surface area contributed by atoms with Crippen molar-refractivity contribution in [3.05, 3.63) is 46.2 Å². The molecule has 3 aromatic heterocycles. The first-order valence-corrected chi connectivity index (χ1v) is 9.80. The summed E-state index contributed by atoms with van der Waals surface area (Å²) in [4.78, 5) is 32.2. The highest BCUT2D eigenvalue weighted by Crippen LogP contribution is 2.36. The second-order valence-electron chi connectivity index (χ2n) is 6.86. The summed E-state index contributed by atoms with van der Waals surface area (Å²) < 4.78 is 0. The summed E-state index contributed by atoms with van der Waals surface area (Å²) in [6.45, 7) is 4.80. The van der Waals surface area contributed by atoms with Crippen LogP contribution in [-0.4, -0.2) is 51.0 Å². The molecule has 1 saturated heterocycles. The topological polar surface area (TPSA) is 114 Å². The number of nitrogen functional groups attached to an aromatic ring is 1. The summed E-state index contributed by atoms with van der Waals surface area (Å²) in [6.07, 6.45) is 2.27. The van der Waals surface area contributed by atoms with E-state index in [-0.39, 0.29) is 17.9 Å². The first-order chi connectivity index (χ1) is 13.5. The van der Waals surface area contributed by atoms with Crippen LogP contribution in [0.5, 0.6) is 0 Å². The first-order valence-electron chi connectivity index (χ1n) is 8.98. The molecule has 1 aliphatic heterocycles. The van der Waals surface area contributed by atoms with Crippen LogP contribution in [0, 0.1) is 13.8 Å². The van der Waals surface area contributed by atoms with Crippen molar-refractivity contribution >= 4 is 39.1 Å². The Kier molecular flexibility index (Phi) is 4.68. The van der Waals surface area contributed by atoms with Crippen molar-refractivity contribution in [2.75, 3.05) is 18.8 Å². The predicted molar refractivity (Wildman–Crippen MR) is 107 cm³/mol. The quantitative estimate of drug-likeness (QED) is 0.699. The van der Waals surface area contributed by atoms with Gasteiger partial charge in [0.05, 0.1) is 11.4 Å². The van der Waals surface area contributed by atoms with Gasteiger partial charge in [-0.2, -0.15) is 5.10 Å². The predicted octanol–water partition coefficient (Wildman–Crippen LogP) is 1.93. The number of anilines is 1. The molecule has 1 aliphatic rings. The Hall–Kier alpha value is -3.07. The molecule has 28 heavy (non-hydrogen) atoms. The van der Waals surface area contributed by atoms with Crippen molar-refractivity contribution in [3.63, 3.8) is 0 Å². The Bertz CT molecular complexity index is 1070. The van der Waals surface area contributed by atoms with E-state index in [1.54, 1.807) is 29.3 Å². The van der Waals surface area contributed by atoms with E-state index in [4.69, 9.17) is 5.73 Å². The fourth-order valence-electron chi connectivity index (χ4n) is 3.36. The van der Waals surface area contributed by atoms with E-state index in [9.17, 15) is 9.59 Å². The number of carbonyl (C=O) groups is 2. The molecular formula is C19H20N6O2S. The summed E-state index contributed by atoms with van der Waals surface area (Å²) >= 11 is 1.27. The van der Waals surface area contributed by atoms with Crippen molar-refractivity contribution in [1.29, 1.82) is 0 Å². The molecule has 2 amide bonds. The Morgan fingerprint density at radius 1 is 1.29 bits per heavy atom. The first kappa shape index (κ1) is 18.3. The molecule has 0 radical (unpaired) electrons. The number of nitrogens with zero attached hydrogens (tertiary/aromatic N) is 4. The molecular weight excluding hydrogens is 376 g/mol. The molecule has 0 aliphatic carbocycles. The molecule has 0 bridgehead atoms. The maximum absolute atomic E-state index is 13.0. The summed E-state index contributed by atoms with van der Waals surface area (Å²) in [6, 6.07) is 5.08. The lowest BCUT2D eigenvalue weighted by molar-refractivity contribution is 0.0788. The second kappa shape index (κ2) is 7.16. The summed E-state index contributed by atoms with van der Waals surface area (Å²) in [5.74, 6) is -0.366. The maximum Gasteiger partial charge on any atom is 0.270 e. The monoisotopic (exact) mass is 396 g/mol. The highest BCUT2D eigenvalue weighted by atomic mass is 32.1. The van der Waals surface area contributed by atoms with Gasteiger partial charge in [-0.3, -0.25) is 14.6 Å². The molecule has 4 heterocycles. The lowest BCUT2D eigenvalue weighted by atomic mass is 10.1. The Morgan fingerprint density at radius 2 is 2.11 bits per heavy atom. The minimum absolute atomic E-state index is 0.113. The van der Waals surface area contributed by atoms with Crippen molar-refractivity contribution in [1.82, 2.24) is 25.4 Å². The third-order valence-corrected chi connectivity index (χ3v) is 6.12. The van der Waals surface area contributed by atoms with Crippen molar-refractivity contribution < 1.29 is 9.59 Å². The van der Waals surface area contributed by atoms with E-state index in [1.165, 1.54) is 11.3 Å². The summed E-state index contributed by atoms with van der Waals surface area (Å²) in [5, 5.41) is 12.0. The summed E-state index contributed by atoms with van der Waals surface area (Å²) in [5.41, 5.74) is 8.86. The zero-order valence-corrected chi connectivity index (χ0v) is 16.4. The number of hydrogen-bond donors (Lipinski definition) is 2. The number of nitrogens with one attached hydrogen (secondary N) is 1. The number of amides is 2. The molecule has 4 rings (SSSR count). The Balaban J connectivity index is 1.49. The van der Waals surface area contributed by atoms with Crippen LogP contribution in [0.3, 0.4) is 0 Å². The lowest BCUT2D eigenvalue weighted by Gasteiger charge is -2.16. The molecule has 3 N–H and O–H groups in total. The van der Waals surface area contributed by atoms with Gasteiger partial charge in [0.15, 0.2) is 0 Å². The smallest absolute Gasteiger partial charge is 0.270 e. The minimum atomic E-state index is -0.234. The fraction of sp³-hybridized carbons (Fsp3) is 0.316. The van der Waals surface area contributed by atoms with Gasteiger partial charge in [-0.05, 0) is 38.0 Å². The van der Waals surface area contributed by atoms with Crippen LogP contribution in [0.4, 0.5) is 5.69 Å². The number of rotatable bonds is 3. The van der Waals surface area contributed by atoms with Gasteiger partial charge in [0.1, 0.15) is 15.4 Å². The molecule has 1 fully saturated rings. The zero-order valence-electron chi connectivity index (χ0n) is 15.6. The zero-order chi connectivity index (χ0) is 19.8. The van der Waals surface area contributed by atoms with Gasteiger partial charge >= 0.3 is 0 Å². The normalized spacial score (nSPS) is 16.5. The lowest BCUT2D eigenvalue weighted by Crippen LogP contribution is -2.38. The Morgan fingerprint density at radius 3 is 2.86 bits per heavy atom. The van der Waals surface area contributed by atoms with Crippen LogP contribution in [0.1, 0.15) is 37.8 Å². The molecule has 1 atom stereocenters. The van der Waals surface area contributed by atoms with E-state index in [2.05, 4.69) is 20.5 Å². The van der Waals surface area contributed by atoms with Crippen LogP contribution >= 0.6 is 11.3 Å². The van der Waals surface area contributed by atoms with Crippen LogP contribution in [0.25, 0.3) is 10.2 Å².